The average Bonchev–Trinajstić information content (AvgIpc) is 2.39. The van der Waals surface area contributed by atoms with Crippen molar-refractivity contribution in [2.24, 2.45) is 0 Å². The molecule has 0 atom stereocenters. The number of carbonyl (C=O) groups excluding carboxylic acids is 1. The van der Waals surface area contributed by atoms with Gasteiger partial charge in [0.25, 0.3) is 0 Å². The van der Waals surface area contributed by atoms with Crippen molar-refractivity contribution < 1.29 is 9.18 Å². The lowest BCUT2D eigenvalue weighted by Crippen LogP contribution is -1.97. The number of hydrogen-bond acceptors (Lipinski definition) is 3. The van der Waals surface area contributed by atoms with E-state index in [0.29, 0.717) is 11.4 Å². The predicted molar refractivity (Wildman–Crippen MR) is 72.5 cm³/mol. The van der Waals surface area contributed by atoms with Crippen molar-refractivity contribution in [1.29, 1.82) is 0 Å². The molecule has 0 aliphatic heterocycles. The van der Waals surface area contributed by atoms with Crippen LogP contribution in [0.1, 0.15) is 15.9 Å². The normalized spacial score (nSPS) is 10.6. The maximum atomic E-state index is 12.7. The highest BCUT2D eigenvalue weighted by Crippen LogP contribution is 2.06. The average molecular weight is 256 g/mol. The summed E-state index contributed by atoms with van der Waals surface area (Å²) >= 11 is 0. The highest BCUT2D eigenvalue weighted by atomic mass is 19.1. The van der Waals surface area contributed by atoms with Gasteiger partial charge in [-0.15, -0.1) is 0 Å². The zero-order valence-corrected chi connectivity index (χ0v) is 10.4. The Morgan fingerprint density at radius 3 is 2.68 bits per heavy atom. The first kappa shape index (κ1) is 13.0. The largest absolute Gasteiger partial charge is 0.347 e. The Kier molecular flexibility index (Phi) is 4.03. The van der Waals surface area contributed by atoms with Gasteiger partial charge >= 0.3 is 0 Å². The number of aryl methyl sites for hydroxylation is 1. The van der Waals surface area contributed by atoms with Crippen molar-refractivity contribution in [3.63, 3.8) is 0 Å². The lowest BCUT2D eigenvalue weighted by atomic mass is 10.1. The second-order valence-corrected chi connectivity index (χ2v) is 4.07. The molecule has 0 fully saturated rings. The van der Waals surface area contributed by atoms with Crippen LogP contribution >= 0.6 is 0 Å². The van der Waals surface area contributed by atoms with Crippen LogP contribution in [0.2, 0.25) is 0 Å². The molecule has 3 nitrogen and oxygen atoms in total. The molecule has 0 saturated heterocycles. The van der Waals surface area contributed by atoms with E-state index in [1.54, 1.807) is 6.20 Å². The zero-order chi connectivity index (χ0) is 13.7. The maximum Gasteiger partial charge on any atom is 0.187 e. The van der Waals surface area contributed by atoms with Crippen LogP contribution in [0.3, 0.4) is 0 Å². The molecular formula is C15H13FN2O. The van der Waals surface area contributed by atoms with E-state index >= 15 is 0 Å². The number of halogens is 1. The van der Waals surface area contributed by atoms with E-state index in [1.807, 2.05) is 19.1 Å². The number of rotatable bonds is 4. The first-order valence-corrected chi connectivity index (χ1v) is 5.81. The summed E-state index contributed by atoms with van der Waals surface area (Å²) in [6.45, 7) is 1.96. The molecule has 1 aromatic heterocycles. The summed E-state index contributed by atoms with van der Waals surface area (Å²) in [5, 5.41) is 2.91. The van der Waals surface area contributed by atoms with Gasteiger partial charge in [-0.2, -0.15) is 0 Å². The maximum absolute atomic E-state index is 12.7. The summed E-state index contributed by atoms with van der Waals surface area (Å²) in [5.74, 6) is 0.117. The number of benzene rings is 1. The van der Waals surface area contributed by atoms with Gasteiger partial charge in [0.1, 0.15) is 11.6 Å². The highest BCUT2D eigenvalue weighted by Gasteiger charge is 2.01. The summed E-state index contributed by atoms with van der Waals surface area (Å²) in [5.41, 5.74) is 1.52. The third-order valence-corrected chi connectivity index (χ3v) is 2.51. The monoisotopic (exact) mass is 256 g/mol. The van der Waals surface area contributed by atoms with Gasteiger partial charge < -0.3 is 5.32 Å². The van der Waals surface area contributed by atoms with Crippen molar-refractivity contribution in [1.82, 2.24) is 4.98 Å². The van der Waals surface area contributed by atoms with E-state index in [9.17, 15) is 9.18 Å². The van der Waals surface area contributed by atoms with E-state index in [2.05, 4.69) is 10.3 Å². The van der Waals surface area contributed by atoms with Crippen LogP contribution in [0, 0.1) is 12.7 Å². The van der Waals surface area contributed by atoms with Crippen LogP contribution in [0.4, 0.5) is 10.2 Å². The number of hydrogen-bond donors (Lipinski definition) is 1. The Morgan fingerprint density at radius 1 is 1.26 bits per heavy atom. The predicted octanol–water partition coefficient (Wildman–Crippen LogP) is 3.34. The van der Waals surface area contributed by atoms with Gasteiger partial charge in [-0.25, -0.2) is 9.37 Å². The molecule has 96 valence electrons. The van der Waals surface area contributed by atoms with Crippen LogP contribution in [-0.2, 0) is 0 Å². The van der Waals surface area contributed by atoms with Crippen molar-refractivity contribution in [3.05, 3.63) is 71.8 Å². The SMILES string of the molecule is Cc1ccnc(NC=CC(=O)c2ccc(F)cc2)c1. The molecule has 0 aliphatic carbocycles. The standard InChI is InChI=1S/C15H13FN2O/c1-11-6-8-17-15(10-11)18-9-7-14(19)12-2-4-13(16)5-3-12/h2-10H,1H3,(H,17,18). The molecular weight excluding hydrogens is 243 g/mol. The third kappa shape index (κ3) is 3.74. The Morgan fingerprint density at radius 2 is 2.00 bits per heavy atom. The number of allylic oxidation sites excluding steroid dienone is 1. The molecule has 0 radical (unpaired) electrons. The molecule has 4 heteroatoms. The first-order chi connectivity index (χ1) is 9.15. The van der Waals surface area contributed by atoms with Crippen LogP contribution < -0.4 is 5.32 Å². The zero-order valence-electron chi connectivity index (χ0n) is 10.4. The smallest absolute Gasteiger partial charge is 0.187 e. The highest BCUT2D eigenvalue weighted by molar-refractivity contribution is 6.04. The summed E-state index contributed by atoms with van der Waals surface area (Å²) in [6.07, 6.45) is 4.60. The molecule has 0 spiro atoms. The number of carbonyl (C=O) groups is 1. The number of nitrogens with one attached hydrogen (secondary N) is 1. The Labute approximate surface area is 110 Å². The number of nitrogens with zero attached hydrogens (tertiary/aromatic N) is 1. The topological polar surface area (TPSA) is 42.0 Å². The van der Waals surface area contributed by atoms with Gasteiger partial charge in [-0.3, -0.25) is 4.79 Å². The summed E-state index contributed by atoms with van der Waals surface area (Å²) in [6, 6.07) is 9.18. The third-order valence-electron chi connectivity index (χ3n) is 2.51. The van der Waals surface area contributed by atoms with Crippen LogP contribution in [-0.4, -0.2) is 10.8 Å². The van der Waals surface area contributed by atoms with E-state index in [1.165, 1.54) is 36.5 Å². The number of aromatic nitrogens is 1. The van der Waals surface area contributed by atoms with Gasteiger partial charge in [0.05, 0.1) is 0 Å². The fraction of sp³-hybridized carbons (Fsp3) is 0.0667. The molecule has 0 amide bonds. The lowest BCUT2D eigenvalue weighted by Gasteiger charge is -2.00. The van der Waals surface area contributed by atoms with E-state index in [4.69, 9.17) is 0 Å². The number of ketones is 1. The van der Waals surface area contributed by atoms with Gasteiger partial charge in [-0.1, -0.05) is 0 Å². The molecule has 0 bridgehead atoms. The summed E-state index contributed by atoms with van der Waals surface area (Å²) in [7, 11) is 0. The molecule has 0 unspecified atom stereocenters. The summed E-state index contributed by atoms with van der Waals surface area (Å²) in [4.78, 5) is 15.8. The van der Waals surface area contributed by atoms with E-state index < -0.39 is 0 Å². The fourth-order valence-corrected chi connectivity index (χ4v) is 1.53. The van der Waals surface area contributed by atoms with E-state index in [0.717, 1.165) is 5.56 Å². The van der Waals surface area contributed by atoms with Crippen molar-refractivity contribution >= 4 is 11.6 Å². The molecule has 1 heterocycles. The Balaban J connectivity index is 1.99. The second kappa shape index (κ2) is 5.91. The van der Waals surface area contributed by atoms with Gasteiger partial charge in [0.2, 0.25) is 0 Å². The van der Waals surface area contributed by atoms with Gasteiger partial charge in [0, 0.05) is 24.0 Å². The Bertz CT molecular complexity index is 606. The summed E-state index contributed by atoms with van der Waals surface area (Å²) < 4.78 is 12.7. The minimum Gasteiger partial charge on any atom is -0.347 e. The van der Waals surface area contributed by atoms with Gasteiger partial charge in [0.15, 0.2) is 5.78 Å². The van der Waals surface area contributed by atoms with Gasteiger partial charge in [-0.05, 0) is 48.9 Å². The lowest BCUT2D eigenvalue weighted by molar-refractivity contribution is 0.104. The van der Waals surface area contributed by atoms with E-state index in [-0.39, 0.29) is 11.6 Å². The van der Waals surface area contributed by atoms with Crippen LogP contribution in [0.25, 0.3) is 0 Å². The van der Waals surface area contributed by atoms with Crippen molar-refractivity contribution in [2.75, 3.05) is 5.32 Å². The Hall–Kier alpha value is -2.49. The van der Waals surface area contributed by atoms with Crippen molar-refractivity contribution in [3.8, 4) is 0 Å². The first-order valence-electron chi connectivity index (χ1n) is 5.81. The van der Waals surface area contributed by atoms with Crippen molar-refractivity contribution in [2.45, 2.75) is 6.92 Å². The van der Waals surface area contributed by atoms with Crippen LogP contribution in [0.5, 0.6) is 0 Å². The molecule has 0 saturated carbocycles. The second-order valence-electron chi connectivity index (χ2n) is 4.07. The van der Waals surface area contributed by atoms with Crippen LogP contribution in [0.15, 0.2) is 54.9 Å². The number of anilines is 1. The number of pyridine rings is 1. The molecule has 0 aliphatic rings. The molecule has 2 rings (SSSR count). The molecule has 2 aromatic rings. The minimum atomic E-state index is -0.359. The molecule has 19 heavy (non-hydrogen) atoms. The molecule has 1 N–H and O–H groups in total. The quantitative estimate of drug-likeness (QED) is 0.674. The fourth-order valence-electron chi connectivity index (χ4n) is 1.53. The minimum absolute atomic E-state index is 0.194. The molecule has 1 aromatic carbocycles.